The number of aryl methyl sites for hydroxylation is 1. The lowest BCUT2D eigenvalue weighted by Crippen LogP contribution is -3.61. The van der Waals surface area contributed by atoms with E-state index in [0.717, 1.165) is 16.3 Å². The van der Waals surface area contributed by atoms with Crippen LogP contribution in [-0.2, 0) is 5.41 Å². The molecule has 0 N–H and O–H groups in total. The fourth-order valence-corrected chi connectivity index (χ4v) is 8.88. The Morgan fingerprint density at radius 1 is 0.871 bits per heavy atom. The highest BCUT2D eigenvalue weighted by Gasteiger charge is 2.21. The molecule has 0 unspecified atom stereocenters. The third-order valence-corrected chi connectivity index (χ3v) is 9.76. The Morgan fingerprint density at radius 2 is 1.48 bits per heavy atom. The van der Waals surface area contributed by atoms with Gasteiger partial charge in [-0.3, -0.25) is 0 Å². The van der Waals surface area contributed by atoms with Gasteiger partial charge in [0.05, 0.1) is 7.14 Å². The van der Waals surface area contributed by atoms with Crippen LogP contribution in [0.15, 0.2) is 54.6 Å². The summed E-state index contributed by atoms with van der Waals surface area (Å²) in [5.41, 5.74) is 2.63. The van der Waals surface area contributed by atoms with Gasteiger partial charge >= 0.3 is 27.4 Å². The zero-order chi connectivity index (χ0) is 22.8. The van der Waals surface area contributed by atoms with Gasteiger partial charge in [-0.15, -0.1) is 0 Å². The molecule has 0 aliphatic rings. The van der Waals surface area contributed by atoms with Gasteiger partial charge in [0.25, 0.3) is 0 Å². The number of benzene rings is 3. The van der Waals surface area contributed by atoms with Crippen molar-refractivity contribution in [1.82, 2.24) is 0 Å². The summed E-state index contributed by atoms with van der Waals surface area (Å²) in [7, 11) is 0. The van der Waals surface area contributed by atoms with Gasteiger partial charge in [0.1, 0.15) is 5.75 Å². The van der Waals surface area contributed by atoms with Crippen LogP contribution < -0.4 is 30.7 Å². The van der Waals surface area contributed by atoms with E-state index in [4.69, 9.17) is 9.47 Å². The highest BCUT2D eigenvalue weighted by Crippen LogP contribution is 2.30. The summed E-state index contributed by atoms with van der Waals surface area (Å²) >= 11 is 6.26. The number of carbonyl (C=O) groups excluding carboxylic acids is 1. The van der Waals surface area contributed by atoms with Gasteiger partial charge in [-0.25, -0.2) is 4.79 Å². The molecule has 0 fully saturated rings. The highest BCUT2D eigenvalue weighted by molar-refractivity contribution is 14.1. The fourth-order valence-electron chi connectivity index (χ4n) is 2.74. The third kappa shape index (κ3) is 7.16. The molecule has 31 heavy (non-hydrogen) atoms. The molecule has 162 valence electrons. The molecule has 0 aliphatic carbocycles. The Hall–Kier alpha value is -0.150. The summed E-state index contributed by atoms with van der Waals surface area (Å²) in [6, 6.07) is 18.7. The zero-order valence-electron chi connectivity index (χ0n) is 17.4. The molecule has 0 saturated heterocycles. The second-order valence-electron chi connectivity index (χ2n) is 7.92. The predicted molar refractivity (Wildman–Crippen MR) is 145 cm³/mol. The van der Waals surface area contributed by atoms with Crippen LogP contribution in [-0.4, -0.2) is 6.16 Å². The monoisotopic (exact) mass is 865 g/mol. The van der Waals surface area contributed by atoms with Crippen molar-refractivity contribution in [3.8, 4) is 11.5 Å². The smallest absolute Gasteiger partial charge is 0.395 e. The summed E-state index contributed by atoms with van der Waals surface area (Å²) in [5.74, 6) is 1.03. The number of halogens is 4. The molecule has 0 aliphatic heterocycles. The van der Waals surface area contributed by atoms with Crippen molar-refractivity contribution in [2.45, 2.75) is 33.1 Å². The molecule has 0 saturated carbocycles. The van der Waals surface area contributed by atoms with E-state index in [1.165, 1.54) is 12.7 Å². The van der Waals surface area contributed by atoms with Crippen LogP contribution >= 0.6 is 67.8 Å². The van der Waals surface area contributed by atoms with Crippen LogP contribution in [0.2, 0.25) is 0 Å². The van der Waals surface area contributed by atoms with Gasteiger partial charge < -0.3 is 9.47 Å². The molecule has 3 nitrogen and oxygen atoms in total. The second-order valence-corrected chi connectivity index (χ2v) is 14.4. The molecule has 0 heterocycles. The Balaban J connectivity index is 1.67. The SMILES string of the molecule is Cc1cc(OC(=O)Oc2c(I)cc(I)cc2I)ccc1[I+]c1ccc(C(C)(C)C)cc1. The summed E-state index contributed by atoms with van der Waals surface area (Å²) in [5, 5.41) is 0. The Bertz CT molecular complexity index is 1080. The standard InChI is InChI=1S/C24H21I4O3/c1-14-11-18(30-23(29)31-22-19(26)12-16(25)13-20(22)27)9-10-21(14)28-17-7-5-15(6-8-17)24(2,3)4/h5-13H,1-4H3/q+1. The van der Waals surface area contributed by atoms with E-state index in [9.17, 15) is 4.79 Å². The van der Waals surface area contributed by atoms with Crippen molar-refractivity contribution >= 4 is 73.9 Å². The third-order valence-electron chi connectivity index (χ3n) is 4.40. The largest absolute Gasteiger partial charge is 0.519 e. The normalized spacial score (nSPS) is 11.3. The lowest BCUT2D eigenvalue weighted by molar-refractivity contribution is -0.598. The molecule has 0 bridgehead atoms. The van der Waals surface area contributed by atoms with Gasteiger partial charge in [-0.05, 0) is 128 Å². The van der Waals surface area contributed by atoms with Crippen LogP contribution in [0.1, 0.15) is 31.9 Å². The highest BCUT2D eigenvalue weighted by atomic mass is 127. The quantitative estimate of drug-likeness (QED) is 0.215. The molecular weight excluding hydrogens is 844 g/mol. The van der Waals surface area contributed by atoms with E-state index >= 15 is 0 Å². The van der Waals surface area contributed by atoms with Crippen LogP contribution in [0.4, 0.5) is 4.79 Å². The number of rotatable bonds is 4. The second kappa shape index (κ2) is 10.9. The predicted octanol–water partition coefficient (Wildman–Crippen LogP) is 4.81. The maximum absolute atomic E-state index is 12.3. The van der Waals surface area contributed by atoms with Gasteiger partial charge in [0, 0.05) is 9.13 Å². The molecule has 7 heteroatoms. The first-order valence-electron chi connectivity index (χ1n) is 9.43. The first kappa shape index (κ1) is 25.5. The van der Waals surface area contributed by atoms with Crippen LogP contribution in [0.5, 0.6) is 11.5 Å². The minimum atomic E-state index is -0.725. The molecule has 0 radical (unpaired) electrons. The Morgan fingerprint density at radius 3 is 2.03 bits per heavy atom. The van der Waals surface area contributed by atoms with E-state index in [-0.39, 0.29) is 26.6 Å². The van der Waals surface area contributed by atoms with Crippen molar-refractivity contribution in [3.63, 3.8) is 0 Å². The molecule has 3 aromatic rings. The number of carbonyl (C=O) groups is 1. The van der Waals surface area contributed by atoms with Crippen molar-refractivity contribution in [2.24, 2.45) is 0 Å². The molecule has 0 amide bonds. The van der Waals surface area contributed by atoms with Gasteiger partial charge in [0.15, 0.2) is 12.9 Å². The van der Waals surface area contributed by atoms with E-state index in [2.05, 4.69) is 126 Å². The minimum absolute atomic E-state index is 0.161. The minimum Gasteiger partial charge on any atom is -0.395 e. The molecule has 0 atom stereocenters. The maximum atomic E-state index is 12.3. The molecule has 3 rings (SSSR count). The average molecular weight is 865 g/mol. The van der Waals surface area contributed by atoms with E-state index in [0.29, 0.717) is 11.5 Å². The van der Waals surface area contributed by atoms with Crippen molar-refractivity contribution in [2.75, 3.05) is 0 Å². The molecular formula is C24H21I4O3+. The Kier molecular flexibility index (Phi) is 8.92. The van der Waals surface area contributed by atoms with Gasteiger partial charge in [-0.1, -0.05) is 32.9 Å². The molecule has 3 aromatic carbocycles. The van der Waals surface area contributed by atoms with Crippen LogP contribution in [0.25, 0.3) is 0 Å². The summed E-state index contributed by atoms with van der Waals surface area (Å²) in [6.07, 6.45) is -0.725. The van der Waals surface area contributed by atoms with Crippen molar-refractivity contribution in [3.05, 3.63) is 83.6 Å². The fraction of sp³-hybridized carbons (Fsp3) is 0.208. The first-order chi connectivity index (χ1) is 14.5. The zero-order valence-corrected chi connectivity index (χ0v) is 26.1. The van der Waals surface area contributed by atoms with E-state index in [1.807, 2.05) is 24.3 Å². The summed E-state index contributed by atoms with van der Waals surface area (Å²) in [6.45, 7) is 8.74. The molecule has 0 spiro atoms. The lowest BCUT2D eigenvalue weighted by Gasteiger charge is -2.18. The Labute approximate surface area is 234 Å². The van der Waals surface area contributed by atoms with E-state index in [1.54, 1.807) is 0 Å². The van der Waals surface area contributed by atoms with Crippen molar-refractivity contribution < 1.29 is 35.5 Å². The number of hydrogen-bond donors (Lipinski definition) is 0. The lowest BCUT2D eigenvalue weighted by atomic mass is 9.87. The molecule has 0 aromatic heterocycles. The maximum Gasteiger partial charge on any atom is 0.519 e. The van der Waals surface area contributed by atoms with E-state index < -0.39 is 6.16 Å². The average Bonchev–Trinajstić information content (AvgIpc) is 2.66. The number of ether oxygens (including phenoxy) is 2. The number of hydrogen-bond acceptors (Lipinski definition) is 3. The van der Waals surface area contributed by atoms with Crippen LogP contribution in [0.3, 0.4) is 0 Å². The van der Waals surface area contributed by atoms with Gasteiger partial charge in [0.2, 0.25) is 0 Å². The summed E-state index contributed by atoms with van der Waals surface area (Å²) < 4.78 is 16.4. The topological polar surface area (TPSA) is 35.5 Å². The van der Waals surface area contributed by atoms with Gasteiger partial charge in [-0.2, -0.15) is 0 Å². The first-order valence-corrected chi connectivity index (χ1v) is 14.8. The summed E-state index contributed by atoms with van der Waals surface area (Å²) in [4.78, 5) is 12.3. The van der Waals surface area contributed by atoms with Crippen molar-refractivity contribution in [1.29, 1.82) is 0 Å². The van der Waals surface area contributed by atoms with Crippen LogP contribution in [0, 0.1) is 24.8 Å².